The van der Waals surface area contributed by atoms with Crippen LogP contribution >= 0.6 is 0 Å². The lowest BCUT2D eigenvalue weighted by molar-refractivity contribution is -0.137. The summed E-state index contributed by atoms with van der Waals surface area (Å²) in [5, 5.41) is 17.6. The zero-order chi connectivity index (χ0) is 17.9. The van der Waals surface area contributed by atoms with E-state index in [1.807, 2.05) is 24.3 Å². The summed E-state index contributed by atoms with van der Waals surface area (Å²) in [4.78, 5) is 10.4. The van der Waals surface area contributed by atoms with Crippen LogP contribution in [0.25, 0.3) is 0 Å². The third kappa shape index (κ3) is 16.7. The number of hydrogen-bond acceptors (Lipinski definition) is 3. The molecule has 0 aromatic carbocycles. The Balaban J connectivity index is 3.74. The zero-order valence-electron chi connectivity index (χ0n) is 14.9. The summed E-state index contributed by atoms with van der Waals surface area (Å²) < 4.78 is 0. The molecule has 136 valence electrons. The lowest BCUT2D eigenvalue weighted by Crippen LogP contribution is -2.23. The molecule has 0 rings (SSSR count). The van der Waals surface area contributed by atoms with Crippen LogP contribution in [0.2, 0.25) is 0 Å². The smallest absolute Gasteiger partial charge is 0.303 e. The molecule has 4 nitrogen and oxygen atoms in total. The minimum Gasteiger partial charge on any atom is -0.481 e. The van der Waals surface area contributed by atoms with Crippen LogP contribution in [0.3, 0.4) is 0 Å². The average molecular weight is 335 g/mol. The Bertz CT molecular complexity index is 411. The van der Waals surface area contributed by atoms with Crippen molar-refractivity contribution in [2.24, 2.45) is 0 Å². The number of unbranched alkanes of at least 4 members (excludes halogenated alkanes) is 3. The number of aliphatic carboxylic acids is 1. The largest absolute Gasteiger partial charge is 0.481 e. The summed E-state index contributed by atoms with van der Waals surface area (Å²) >= 11 is 0. The molecule has 4 heteroatoms. The molecule has 0 spiro atoms. The van der Waals surface area contributed by atoms with E-state index in [0.717, 1.165) is 12.8 Å². The molecular weight excluding hydrogens is 302 g/mol. The number of carboxylic acid groups (broad SMARTS) is 1. The normalized spacial score (nSPS) is 13.8. The number of hydroxylamine groups is 1. The monoisotopic (exact) mass is 335 g/mol. The molecule has 0 aliphatic heterocycles. The Morgan fingerprint density at radius 2 is 1.71 bits per heavy atom. The second-order valence-electron chi connectivity index (χ2n) is 5.74. The standard InChI is InChI=1S/C20H33NO3/c1-2-3-4-5-6-7-8-9-10-11-12-13-14-16-19(21-24)17-15-18-20(22)23/h6-7,9-10,12-14,16,19,21,24H,2-5,8,11,15,17-18H2,1H3,(H,22,23)/b7-6-,10-9-,13-12-,16-14+. The van der Waals surface area contributed by atoms with E-state index in [1.165, 1.54) is 25.7 Å². The van der Waals surface area contributed by atoms with Gasteiger partial charge in [-0.2, -0.15) is 5.48 Å². The molecule has 0 aromatic rings. The van der Waals surface area contributed by atoms with E-state index in [-0.39, 0.29) is 12.5 Å². The number of carboxylic acids is 1. The Morgan fingerprint density at radius 1 is 1.00 bits per heavy atom. The van der Waals surface area contributed by atoms with Crippen LogP contribution in [0.1, 0.15) is 64.7 Å². The fourth-order valence-corrected chi connectivity index (χ4v) is 2.11. The van der Waals surface area contributed by atoms with Gasteiger partial charge in [0.2, 0.25) is 0 Å². The van der Waals surface area contributed by atoms with Crippen molar-refractivity contribution in [1.29, 1.82) is 0 Å². The highest BCUT2D eigenvalue weighted by molar-refractivity contribution is 5.66. The Morgan fingerprint density at radius 3 is 2.38 bits per heavy atom. The van der Waals surface area contributed by atoms with E-state index in [0.29, 0.717) is 12.8 Å². The van der Waals surface area contributed by atoms with Gasteiger partial charge in [-0.15, -0.1) is 0 Å². The molecule has 0 saturated heterocycles. The number of carbonyl (C=O) groups is 1. The maximum Gasteiger partial charge on any atom is 0.303 e. The van der Waals surface area contributed by atoms with Crippen molar-refractivity contribution in [2.45, 2.75) is 70.8 Å². The maximum absolute atomic E-state index is 10.4. The van der Waals surface area contributed by atoms with Gasteiger partial charge in [0, 0.05) is 6.42 Å². The second kappa shape index (κ2) is 17.7. The van der Waals surface area contributed by atoms with Crippen LogP contribution in [0.5, 0.6) is 0 Å². The minimum absolute atomic E-state index is 0.125. The molecule has 0 aromatic heterocycles. The molecule has 0 aliphatic rings. The van der Waals surface area contributed by atoms with Gasteiger partial charge in [0.05, 0.1) is 6.04 Å². The van der Waals surface area contributed by atoms with Crippen LogP contribution < -0.4 is 5.48 Å². The molecule has 1 atom stereocenters. The molecule has 0 heterocycles. The van der Waals surface area contributed by atoms with Crippen molar-refractivity contribution in [2.75, 3.05) is 0 Å². The van der Waals surface area contributed by atoms with Gasteiger partial charge in [0.25, 0.3) is 0 Å². The van der Waals surface area contributed by atoms with Crippen LogP contribution in [0.15, 0.2) is 48.6 Å². The van der Waals surface area contributed by atoms with Gasteiger partial charge >= 0.3 is 5.97 Å². The van der Waals surface area contributed by atoms with E-state index in [9.17, 15) is 4.79 Å². The molecule has 0 bridgehead atoms. The predicted octanol–water partition coefficient (Wildman–Crippen LogP) is 5.17. The highest BCUT2D eigenvalue weighted by atomic mass is 16.5. The van der Waals surface area contributed by atoms with Crippen molar-refractivity contribution in [3.63, 3.8) is 0 Å². The second-order valence-corrected chi connectivity index (χ2v) is 5.74. The van der Waals surface area contributed by atoms with E-state index in [2.05, 4.69) is 36.7 Å². The van der Waals surface area contributed by atoms with Gasteiger partial charge in [0.15, 0.2) is 0 Å². The molecular formula is C20H33NO3. The highest BCUT2D eigenvalue weighted by Gasteiger charge is 2.03. The van der Waals surface area contributed by atoms with E-state index < -0.39 is 5.97 Å². The molecule has 24 heavy (non-hydrogen) atoms. The topological polar surface area (TPSA) is 69.6 Å². The first kappa shape index (κ1) is 22.4. The third-order valence-corrected chi connectivity index (χ3v) is 3.51. The van der Waals surface area contributed by atoms with Crippen LogP contribution in [-0.4, -0.2) is 22.3 Å². The molecule has 0 saturated carbocycles. The van der Waals surface area contributed by atoms with Crippen LogP contribution in [-0.2, 0) is 4.79 Å². The Hall–Kier alpha value is -1.65. The first-order chi connectivity index (χ1) is 11.7. The summed E-state index contributed by atoms with van der Waals surface area (Å²) in [6.45, 7) is 2.22. The number of nitrogens with one attached hydrogen (secondary N) is 1. The van der Waals surface area contributed by atoms with Crippen LogP contribution in [0.4, 0.5) is 0 Å². The van der Waals surface area contributed by atoms with E-state index in [4.69, 9.17) is 10.3 Å². The summed E-state index contributed by atoms with van der Waals surface area (Å²) in [6.07, 6.45) is 24.6. The third-order valence-electron chi connectivity index (χ3n) is 3.51. The van der Waals surface area contributed by atoms with E-state index in [1.54, 1.807) is 0 Å². The fourth-order valence-electron chi connectivity index (χ4n) is 2.11. The van der Waals surface area contributed by atoms with Gasteiger partial charge in [0.1, 0.15) is 0 Å². The van der Waals surface area contributed by atoms with Gasteiger partial charge in [-0.3, -0.25) is 4.79 Å². The Labute approximate surface area is 146 Å². The van der Waals surface area contributed by atoms with Gasteiger partial charge in [-0.05, 0) is 38.5 Å². The first-order valence-electron chi connectivity index (χ1n) is 8.95. The summed E-state index contributed by atoms with van der Waals surface area (Å²) in [5.74, 6) is -0.807. The Kier molecular flexibility index (Phi) is 16.5. The molecule has 1 unspecified atom stereocenters. The SMILES string of the molecule is CCCCC/C=C\C/C=C\C/C=C\C=C\C(CCCC(=O)O)NO. The average Bonchev–Trinajstić information content (AvgIpc) is 2.57. The summed E-state index contributed by atoms with van der Waals surface area (Å²) in [5.41, 5.74) is 2.18. The van der Waals surface area contributed by atoms with E-state index >= 15 is 0 Å². The van der Waals surface area contributed by atoms with Crippen LogP contribution in [0, 0.1) is 0 Å². The molecule has 3 N–H and O–H groups in total. The van der Waals surface area contributed by atoms with Crippen molar-refractivity contribution < 1.29 is 15.1 Å². The molecule has 0 amide bonds. The summed E-state index contributed by atoms with van der Waals surface area (Å²) in [7, 11) is 0. The molecule has 0 radical (unpaired) electrons. The maximum atomic E-state index is 10.4. The quantitative estimate of drug-likeness (QED) is 0.167. The minimum atomic E-state index is -0.807. The highest BCUT2D eigenvalue weighted by Crippen LogP contribution is 2.03. The first-order valence-corrected chi connectivity index (χ1v) is 8.95. The fraction of sp³-hybridized carbons (Fsp3) is 0.550. The summed E-state index contributed by atoms with van der Waals surface area (Å²) in [6, 6.07) is -0.206. The van der Waals surface area contributed by atoms with Crippen molar-refractivity contribution in [3.05, 3.63) is 48.6 Å². The van der Waals surface area contributed by atoms with Gasteiger partial charge in [-0.1, -0.05) is 68.4 Å². The van der Waals surface area contributed by atoms with Gasteiger partial charge in [-0.25, -0.2) is 0 Å². The van der Waals surface area contributed by atoms with Crippen molar-refractivity contribution in [1.82, 2.24) is 5.48 Å². The lowest BCUT2D eigenvalue weighted by Gasteiger charge is -2.08. The lowest BCUT2D eigenvalue weighted by atomic mass is 10.1. The zero-order valence-corrected chi connectivity index (χ0v) is 14.9. The van der Waals surface area contributed by atoms with Crippen molar-refractivity contribution in [3.8, 4) is 0 Å². The van der Waals surface area contributed by atoms with Gasteiger partial charge < -0.3 is 10.3 Å². The van der Waals surface area contributed by atoms with Crippen molar-refractivity contribution >= 4 is 5.97 Å². The number of allylic oxidation sites excluding steroid dienone is 7. The molecule has 0 fully saturated rings. The number of hydrogen-bond donors (Lipinski definition) is 3. The molecule has 0 aliphatic carbocycles. The predicted molar refractivity (Wildman–Crippen MR) is 100 cm³/mol. The number of rotatable bonds is 15.